The molecule has 120 valence electrons. The normalized spacial score (nSPS) is 11.5. The summed E-state index contributed by atoms with van der Waals surface area (Å²) in [5, 5.41) is 19.1. The maximum Gasteiger partial charge on any atom is 0.336 e. The molecule has 0 aliphatic rings. The van der Waals surface area contributed by atoms with E-state index in [0.717, 1.165) is 22.9 Å². The van der Waals surface area contributed by atoms with Crippen molar-refractivity contribution < 1.29 is 14.6 Å². The Morgan fingerprint density at radius 1 is 1.14 bits per heavy atom. The van der Waals surface area contributed by atoms with E-state index in [1.54, 1.807) is 0 Å². The van der Waals surface area contributed by atoms with Gasteiger partial charge in [0.05, 0.1) is 6.61 Å². The Hall–Kier alpha value is -1.69. The molecule has 0 unspecified atom stereocenters. The molecule has 0 bridgehead atoms. The molecule has 2 N–H and O–H groups in total. The molecule has 1 aromatic heterocycles. The standard InChI is InChI=1S/C17H23NO4/c1-2-13-4-5-15-14(11-17(21)22-16(15)10-13)12-18(7-9-20)6-3-8-19/h4-5,10-11,19-20H,2-3,6-9,12H2,1H3. The van der Waals surface area contributed by atoms with E-state index in [2.05, 4.69) is 6.92 Å². The summed E-state index contributed by atoms with van der Waals surface area (Å²) >= 11 is 0. The lowest BCUT2D eigenvalue weighted by Gasteiger charge is -2.21. The Labute approximate surface area is 129 Å². The molecule has 0 radical (unpaired) electrons. The third-order valence-corrected chi connectivity index (χ3v) is 3.75. The Balaban J connectivity index is 2.34. The van der Waals surface area contributed by atoms with Crippen LogP contribution in [0.4, 0.5) is 0 Å². The minimum absolute atomic E-state index is 0.0464. The first kappa shape index (κ1) is 16.7. The van der Waals surface area contributed by atoms with Crippen molar-refractivity contribution in [3.05, 3.63) is 45.8 Å². The molecule has 5 heteroatoms. The van der Waals surface area contributed by atoms with E-state index < -0.39 is 0 Å². The van der Waals surface area contributed by atoms with Crippen LogP contribution in [0.25, 0.3) is 11.0 Å². The zero-order valence-electron chi connectivity index (χ0n) is 12.9. The van der Waals surface area contributed by atoms with Crippen molar-refractivity contribution in [3.8, 4) is 0 Å². The van der Waals surface area contributed by atoms with Crippen LogP contribution in [0.3, 0.4) is 0 Å². The molecule has 0 aliphatic heterocycles. The molecule has 0 spiro atoms. The summed E-state index contributed by atoms with van der Waals surface area (Å²) < 4.78 is 5.30. The molecule has 0 atom stereocenters. The highest BCUT2D eigenvalue weighted by Gasteiger charge is 2.11. The number of nitrogens with zero attached hydrogens (tertiary/aromatic N) is 1. The van der Waals surface area contributed by atoms with Crippen molar-refractivity contribution in [1.29, 1.82) is 0 Å². The van der Waals surface area contributed by atoms with Gasteiger partial charge in [0.1, 0.15) is 5.58 Å². The van der Waals surface area contributed by atoms with Gasteiger partial charge in [-0.05, 0) is 30.0 Å². The molecule has 2 rings (SSSR count). The number of fused-ring (bicyclic) bond motifs is 1. The zero-order valence-corrected chi connectivity index (χ0v) is 12.9. The van der Waals surface area contributed by atoms with E-state index in [0.29, 0.717) is 31.6 Å². The molecule has 0 saturated heterocycles. The van der Waals surface area contributed by atoms with E-state index in [-0.39, 0.29) is 18.8 Å². The Bertz CT molecular complexity index is 665. The van der Waals surface area contributed by atoms with Crippen LogP contribution in [0.1, 0.15) is 24.5 Å². The Kier molecular flexibility index (Phi) is 6.12. The first-order valence-electron chi connectivity index (χ1n) is 7.67. The summed E-state index contributed by atoms with van der Waals surface area (Å²) in [4.78, 5) is 13.8. The van der Waals surface area contributed by atoms with Gasteiger partial charge in [-0.25, -0.2) is 4.79 Å². The molecule has 1 heterocycles. The van der Waals surface area contributed by atoms with Gasteiger partial charge >= 0.3 is 5.63 Å². The number of aryl methyl sites for hydroxylation is 1. The highest BCUT2D eigenvalue weighted by atomic mass is 16.4. The number of benzene rings is 1. The van der Waals surface area contributed by atoms with E-state index in [9.17, 15) is 4.79 Å². The van der Waals surface area contributed by atoms with Crippen molar-refractivity contribution in [3.63, 3.8) is 0 Å². The van der Waals surface area contributed by atoms with Gasteiger partial charge in [-0.15, -0.1) is 0 Å². The summed E-state index contributed by atoms with van der Waals surface area (Å²) in [6, 6.07) is 7.44. The third kappa shape index (κ3) is 4.16. The number of hydrogen-bond acceptors (Lipinski definition) is 5. The fourth-order valence-corrected chi connectivity index (χ4v) is 2.57. The van der Waals surface area contributed by atoms with Crippen LogP contribution in [0.15, 0.2) is 33.5 Å². The van der Waals surface area contributed by atoms with Gasteiger partial charge in [-0.1, -0.05) is 19.1 Å². The lowest BCUT2D eigenvalue weighted by molar-refractivity contribution is 0.174. The van der Waals surface area contributed by atoms with Crippen LogP contribution >= 0.6 is 0 Å². The molecule has 5 nitrogen and oxygen atoms in total. The van der Waals surface area contributed by atoms with Crippen molar-refractivity contribution >= 4 is 11.0 Å². The SMILES string of the molecule is CCc1ccc2c(CN(CCO)CCCO)cc(=O)oc2c1. The maximum atomic E-state index is 11.8. The highest BCUT2D eigenvalue weighted by molar-refractivity contribution is 5.80. The Morgan fingerprint density at radius 3 is 2.64 bits per heavy atom. The zero-order chi connectivity index (χ0) is 15.9. The van der Waals surface area contributed by atoms with Crippen LogP contribution in [0.5, 0.6) is 0 Å². The summed E-state index contributed by atoms with van der Waals surface area (Å²) in [5.41, 5.74) is 2.26. The molecule has 0 amide bonds. The lowest BCUT2D eigenvalue weighted by Crippen LogP contribution is -2.28. The Morgan fingerprint density at radius 2 is 1.95 bits per heavy atom. The highest BCUT2D eigenvalue weighted by Crippen LogP contribution is 2.20. The number of rotatable bonds is 8. The van der Waals surface area contributed by atoms with Gasteiger partial charge in [0.15, 0.2) is 0 Å². The van der Waals surface area contributed by atoms with Gasteiger partial charge in [0, 0.05) is 37.7 Å². The minimum Gasteiger partial charge on any atom is -0.423 e. The predicted molar refractivity (Wildman–Crippen MR) is 85.9 cm³/mol. The molecule has 0 saturated carbocycles. The van der Waals surface area contributed by atoms with Crippen LogP contribution in [-0.4, -0.2) is 41.4 Å². The topological polar surface area (TPSA) is 73.9 Å². The first-order valence-corrected chi connectivity index (χ1v) is 7.67. The van der Waals surface area contributed by atoms with Gasteiger partial charge in [-0.2, -0.15) is 0 Å². The van der Waals surface area contributed by atoms with Crippen molar-refractivity contribution in [2.75, 3.05) is 26.3 Å². The van der Waals surface area contributed by atoms with Gasteiger partial charge < -0.3 is 14.6 Å². The fourth-order valence-electron chi connectivity index (χ4n) is 2.57. The predicted octanol–water partition coefficient (Wildman–Crippen LogP) is 1.53. The number of aliphatic hydroxyl groups excluding tert-OH is 2. The van der Waals surface area contributed by atoms with Crippen molar-refractivity contribution in [2.45, 2.75) is 26.3 Å². The van der Waals surface area contributed by atoms with E-state index >= 15 is 0 Å². The molecular weight excluding hydrogens is 282 g/mol. The van der Waals surface area contributed by atoms with E-state index in [1.807, 2.05) is 23.1 Å². The van der Waals surface area contributed by atoms with E-state index in [1.165, 1.54) is 6.07 Å². The molecule has 0 fully saturated rings. The number of hydrogen-bond donors (Lipinski definition) is 2. The first-order chi connectivity index (χ1) is 10.7. The quantitative estimate of drug-likeness (QED) is 0.724. The molecule has 22 heavy (non-hydrogen) atoms. The summed E-state index contributed by atoms with van der Waals surface area (Å²) in [5.74, 6) is 0. The third-order valence-electron chi connectivity index (χ3n) is 3.75. The minimum atomic E-state index is -0.359. The average Bonchev–Trinajstić information content (AvgIpc) is 2.51. The van der Waals surface area contributed by atoms with Crippen LogP contribution < -0.4 is 5.63 Å². The molecule has 0 aliphatic carbocycles. The summed E-state index contributed by atoms with van der Waals surface area (Å²) in [6.07, 6.45) is 1.52. The maximum absolute atomic E-state index is 11.8. The van der Waals surface area contributed by atoms with Crippen LogP contribution in [0.2, 0.25) is 0 Å². The van der Waals surface area contributed by atoms with Gasteiger partial charge in [0.25, 0.3) is 0 Å². The second-order valence-electron chi connectivity index (χ2n) is 5.35. The number of aliphatic hydroxyl groups is 2. The van der Waals surface area contributed by atoms with Crippen LogP contribution in [-0.2, 0) is 13.0 Å². The smallest absolute Gasteiger partial charge is 0.336 e. The molecule has 1 aromatic carbocycles. The van der Waals surface area contributed by atoms with Crippen molar-refractivity contribution in [1.82, 2.24) is 4.90 Å². The largest absolute Gasteiger partial charge is 0.423 e. The molecular formula is C17H23NO4. The summed E-state index contributed by atoms with van der Waals surface area (Å²) in [7, 11) is 0. The van der Waals surface area contributed by atoms with Gasteiger partial charge in [-0.3, -0.25) is 4.90 Å². The fraction of sp³-hybridized carbons (Fsp3) is 0.471. The lowest BCUT2D eigenvalue weighted by atomic mass is 10.1. The average molecular weight is 305 g/mol. The second kappa shape index (κ2) is 8.08. The van der Waals surface area contributed by atoms with Gasteiger partial charge in [0.2, 0.25) is 0 Å². The van der Waals surface area contributed by atoms with E-state index in [4.69, 9.17) is 14.6 Å². The summed E-state index contributed by atoms with van der Waals surface area (Å²) in [6.45, 7) is 3.94. The van der Waals surface area contributed by atoms with Crippen LogP contribution in [0, 0.1) is 0 Å². The van der Waals surface area contributed by atoms with Crippen molar-refractivity contribution in [2.24, 2.45) is 0 Å². The second-order valence-corrected chi connectivity index (χ2v) is 5.35. The monoisotopic (exact) mass is 305 g/mol. The molecule has 2 aromatic rings.